The molecule has 4 nitrogen and oxygen atoms in total. The average Bonchev–Trinajstić information content (AvgIpc) is 3.58. The molecule has 10 heteroatoms. The Balaban J connectivity index is 0.000000208. The third-order valence-electron chi connectivity index (χ3n) is 5.65. The van der Waals surface area contributed by atoms with Gasteiger partial charge < -0.3 is 10.4 Å². The summed E-state index contributed by atoms with van der Waals surface area (Å²) in [5.74, 6) is -2.32. The second kappa shape index (κ2) is 14.4. The van der Waals surface area contributed by atoms with Crippen LogP contribution in [0, 0.1) is 11.6 Å². The molecule has 2 N–H and O–H groups in total. The fourth-order valence-electron chi connectivity index (χ4n) is 3.77. The first-order chi connectivity index (χ1) is 19.6. The Morgan fingerprint density at radius 1 is 0.683 bits per heavy atom. The largest absolute Gasteiger partial charge is 0.481 e. The number of rotatable bonds is 8. The summed E-state index contributed by atoms with van der Waals surface area (Å²) < 4.78 is 26.3. The minimum atomic E-state index is -0.801. The zero-order valence-corrected chi connectivity index (χ0v) is 24.5. The summed E-state index contributed by atoms with van der Waals surface area (Å²) in [5.41, 5.74) is 2.49. The van der Waals surface area contributed by atoms with Crippen molar-refractivity contribution < 1.29 is 23.5 Å². The van der Waals surface area contributed by atoms with Crippen molar-refractivity contribution in [3.63, 3.8) is 0 Å². The Hall–Kier alpha value is -3.56. The molecule has 3 aromatic carbocycles. The maximum absolute atomic E-state index is 13.1. The minimum absolute atomic E-state index is 0.0816. The van der Waals surface area contributed by atoms with Gasteiger partial charge in [-0.05, 0) is 77.4 Å². The molecule has 2 aromatic heterocycles. The van der Waals surface area contributed by atoms with E-state index in [1.807, 2.05) is 72.8 Å². The molecule has 41 heavy (non-hydrogen) atoms. The number of thiophene rings is 2. The first-order valence-corrected chi connectivity index (χ1v) is 14.7. The van der Waals surface area contributed by atoms with E-state index >= 15 is 0 Å². The Bertz CT molecular complexity index is 1610. The van der Waals surface area contributed by atoms with E-state index in [9.17, 15) is 18.4 Å². The van der Waals surface area contributed by atoms with Crippen molar-refractivity contribution in [2.45, 2.75) is 19.4 Å². The lowest BCUT2D eigenvalue weighted by molar-refractivity contribution is -0.136. The van der Waals surface area contributed by atoms with Gasteiger partial charge in [0.15, 0.2) is 0 Å². The van der Waals surface area contributed by atoms with Gasteiger partial charge in [-0.3, -0.25) is 9.59 Å². The number of benzene rings is 3. The summed E-state index contributed by atoms with van der Waals surface area (Å²) in [4.78, 5) is 26.5. The average molecular weight is 631 g/mol. The number of carbonyl (C=O) groups is 2. The van der Waals surface area contributed by atoms with E-state index in [0.717, 1.165) is 36.7 Å². The van der Waals surface area contributed by atoms with Crippen LogP contribution in [-0.4, -0.2) is 17.0 Å². The minimum Gasteiger partial charge on any atom is -0.481 e. The van der Waals surface area contributed by atoms with Crippen LogP contribution >= 0.6 is 45.9 Å². The topological polar surface area (TPSA) is 66.4 Å². The lowest BCUT2D eigenvalue weighted by atomic mass is 10.2. The van der Waals surface area contributed by atoms with Gasteiger partial charge in [-0.1, -0.05) is 47.5 Å². The molecule has 210 valence electrons. The Morgan fingerprint density at radius 3 is 1.61 bits per heavy atom. The summed E-state index contributed by atoms with van der Waals surface area (Å²) in [5, 5.41) is 12.7. The van der Waals surface area contributed by atoms with Crippen LogP contribution in [0.15, 0.2) is 91.0 Å². The smallest absolute Gasteiger partial charge is 0.308 e. The predicted molar refractivity (Wildman–Crippen MR) is 163 cm³/mol. The van der Waals surface area contributed by atoms with Crippen molar-refractivity contribution in [3.05, 3.63) is 128 Å². The van der Waals surface area contributed by atoms with Gasteiger partial charge in [0, 0.05) is 42.2 Å². The lowest BCUT2D eigenvalue weighted by Crippen LogP contribution is -2.24. The highest BCUT2D eigenvalue weighted by atomic mass is 35.5. The van der Waals surface area contributed by atoms with Crippen LogP contribution in [0.25, 0.3) is 20.9 Å². The summed E-state index contributed by atoms with van der Waals surface area (Å²) in [6.45, 7) is 0.0862. The molecule has 0 radical (unpaired) electrons. The van der Waals surface area contributed by atoms with Crippen LogP contribution < -0.4 is 5.32 Å². The number of carboxylic acids is 1. The first-order valence-electron chi connectivity index (χ1n) is 12.3. The maximum Gasteiger partial charge on any atom is 0.308 e. The number of halogens is 4. The van der Waals surface area contributed by atoms with Crippen molar-refractivity contribution in [1.29, 1.82) is 0 Å². The maximum atomic E-state index is 13.1. The molecule has 1 amide bonds. The number of nitrogens with one attached hydrogen (secondary N) is 1. The molecule has 5 rings (SSSR count). The van der Waals surface area contributed by atoms with Crippen LogP contribution in [0.1, 0.15) is 15.3 Å². The number of amides is 1. The second-order valence-corrected chi connectivity index (χ2v) is 12.1. The van der Waals surface area contributed by atoms with Gasteiger partial charge in [0.05, 0.1) is 12.8 Å². The van der Waals surface area contributed by atoms with Crippen LogP contribution in [0.4, 0.5) is 8.78 Å². The quantitative estimate of drug-likeness (QED) is 0.180. The molecule has 2 heterocycles. The molecule has 5 aromatic rings. The summed E-state index contributed by atoms with van der Waals surface area (Å²) in [6.07, 6.45) is 0.300. The normalized spacial score (nSPS) is 10.5. The van der Waals surface area contributed by atoms with Crippen LogP contribution in [0.5, 0.6) is 0 Å². The summed E-state index contributed by atoms with van der Waals surface area (Å²) in [6, 6.07) is 25.9. The fourth-order valence-corrected chi connectivity index (χ4v) is 6.04. The Kier molecular flexibility index (Phi) is 10.7. The van der Waals surface area contributed by atoms with E-state index in [2.05, 4.69) is 5.32 Å². The lowest BCUT2D eigenvalue weighted by Gasteiger charge is -2.05. The molecule has 0 fully saturated rings. The number of carbonyl (C=O) groups excluding carboxylic acids is 1. The van der Waals surface area contributed by atoms with E-state index in [0.29, 0.717) is 15.6 Å². The summed E-state index contributed by atoms with van der Waals surface area (Å²) >= 11 is 14.7. The Morgan fingerprint density at radius 2 is 1.15 bits per heavy atom. The van der Waals surface area contributed by atoms with Gasteiger partial charge in [-0.2, -0.15) is 0 Å². The van der Waals surface area contributed by atoms with Crippen molar-refractivity contribution in [2.75, 3.05) is 0 Å². The first kappa shape index (κ1) is 30.4. The standard InChI is InChI=1S/C19H14ClF2NOS.C12H9ClO2S/c20-14-3-1-13(2-4-14)18-6-5-17(25-18)10-19(24)23-11-12-7-15(21)9-16(22)8-12;13-9-3-1-8(2-4-9)11-6-5-10(16-11)7-12(14)15/h1-9H,10-11H2,(H,23,24);1-6H,7H2,(H,14,15). The van der Waals surface area contributed by atoms with E-state index in [4.69, 9.17) is 28.3 Å². The van der Waals surface area contributed by atoms with Crippen molar-refractivity contribution in [1.82, 2.24) is 5.32 Å². The van der Waals surface area contributed by atoms with Crippen molar-refractivity contribution in [2.24, 2.45) is 0 Å². The number of hydrogen-bond donors (Lipinski definition) is 2. The molecule has 0 unspecified atom stereocenters. The zero-order valence-electron chi connectivity index (χ0n) is 21.4. The van der Waals surface area contributed by atoms with E-state index < -0.39 is 17.6 Å². The van der Waals surface area contributed by atoms with E-state index in [1.54, 1.807) is 0 Å². The number of hydrogen-bond acceptors (Lipinski definition) is 4. The van der Waals surface area contributed by atoms with Crippen LogP contribution in [-0.2, 0) is 29.0 Å². The van der Waals surface area contributed by atoms with Gasteiger partial charge in [0.2, 0.25) is 5.91 Å². The highest BCUT2D eigenvalue weighted by Gasteiger charge is 2.09. The van der Waals surface area contributed by atoms with Crippen LogP contribution in [0.2, 0.25) is 10.0 Å². The fraction of sp³-hybridized carbons (Fsp3) is 0.0968. The highest BCUT2D eigenvalue weighted by Crippen LogP contribution is 2.30. The molecule has 0 bridgehead atoms. The third-order valence-corrected chi connectivity index (χ3v) is 8.43. The molecule has 0 spiro atoms. The second-order valence-electron chi connectivity index (χ2n) is 8.85. The zero-order chi connectivity index (χ0) is 29.4. The van der Waals surface area contributed by atoms with Crippen molar-refractivity contribution in [3.8, 4) is 20.9 Å². The molecule has 0 aliphatic carbocycles. The molecular weight excluding hydrogens is 607 g/mol. The SMILES string of the molecule is O=C(Cc1ccc(-c2ccc(Cl)cc2)s1)NCc1cc(F)cc(F)c1.O=C(O)Cc1ccc(-c2ccc(Cl)cc2)s1. The third kappa shape index (κ3) is 9.50. The molecule has 0 saturated heterocycles. The van der Waals surface area contributed by atoms with Gasteiger partial charge in [0.1, 0.15) is 11.6 Å². The predicted octanol–water partition coefficient (Wildman–Crippen LogP) is 8.90. The Labute approximate surface area is 253 Å². The molecular formula is C31H23Cl2F2NO3S2. The van der Waals surface area contributed by atoms with Crippen molar-refractivity contribution >= 4 is 57.8 Å². The van der Waals surface area contributed by atoms with Gasteiger partial charge in [-0.25, -0.2) is 8.78 Å². The monoisotopic (exact) mass is 629 g/mol. The molecule has 0 aliphatic rings. The van der Waals surface area contributed by atoms with Gasteiger partial charge >= 0.3 is 5.97 Å². The van der Waals surface area contributed by atoms with Crippen LogP contribution in [0.3, 0.4) is 0 Å². The molecule has 0 aliphatic heterocycles. The van der Waals surface area contributed by atoms with E-state index in [-0.39, 0.29) is 25.3 Å². The number of aliphatic carboxylic acids is 1. The van der Waals surface area contributed by atoms with E-state index in [1.165, 1.54) is 34.8 Å². The van der Waals surface area contributed by atoms with Gasteiger partial charge in [-0.15, -0.1) is 22.7 Å². The molecule has 0 saturated carbocycles. The number of carboxylic acid groups (broad SMARTS) is 1. The molecule has 0 atom stereocenters. The highest BCUT2D eigenvalue weighted by molar-refractivity contribution is 7.15. The van der Waals surface area contributed by atoms with Gasteiger partial charge in [0.25, 0.3) is 0 Å². The summed E-state index contributed by atoms with van der Waals surface area (Å²) in [7, 11) is 0.